The molecule has 0 aliphatic carbocycles. The van der Waals surface area contributed by atoms with Crippen LogP contribution >= 0.6 is 46.1 Å². The minimum absolute atomic E-state index is 0.271. The van der Waals surface area contributed by atoms with Crippen molar-refractivity contribution < 1.29 is 0 Å². The maximum absolute atomic E-state index is 5.60. The van der Waals surface area contributed by atoms with E-state index in [9.17, 15) is 0 Å². The Kier molecular flexibility index (Phi) is 3.73. The summed E-state index contributed by atoms with van der Waals surface area (Å²) in [6.07, 6.45) is 1.70. The molecule has 0 amide bonds. The largest absolute Gasteiger partial charge is 0.140 e. The predicted octanol–water partition coefficient (Wildman–Crippen LogP) is 4.26. The molecule has 0 nitrogen and oxygen atoms in total. The number of hydrogen-bond acceptors (Lipinski definition) is 1. The van der Waals surface area contributed by atoms with Gasteiger partial charge in [-0.1, -0.05) is 23.2 Å². The van der Waals surface area contributed by atoms with Gasteiger partial charge >= 0.3 is 0 Å². The lowest BCUT2D eigenvalue weighted by Crippen LogP contribution is -1.59. The molecule has 0 fully saturated rings. The van der Waals surface area contributed by atoms with Gasteiger partial charge in [0.05, 0.1) is 5.88 Å². The Hall–Kier alpha value is 0.310. The van der Waals surface area contributed by atoms with E-state index < -0.39 is 0 Å². The first-order valence-corrected chi connectivity index (χ1v) is 5.00. The van der Waals surface area contributed by atoms with Gasteiger partial charge in [0.15, 0.2) is 0 Å². The van der Waals surface area contributed by atoms with E-state index in [1.165, 1.54) is 0 Å². The zero-order valence-electron chi connectivity index (χ0n) is 5.48. The van der Waals surface area contributed by atoms with Gasteiger partial charge in [0.25, 0.3) is 0 Å². The third kappa shape index (κ3) is 3.04. The summed E-state index contributed by atoms with van der Waals surface area (Å²) in [6.45, 7) is 0. The lowest BCUT2D eigenvalue weighted by molar-refractivity contribution is 1.53. The Morgan fingerprint density at radius 2 is 2.18 bits per heavy atom. The molecule has 1 rings (SSSR count). The smallest absolute Gasteiger partial charge is 0.108 e. The van der Waals surface area contributed by atoms with Gasteiger partial charge < -0.3 is 0 Å². The number of hydrogen-bond donors (Lipinski definition) is 0. The minimum atomic E-state index is 0.271. The number of halogens is 3. The molecular formula is C7H5Cl3S. The van der Waals surface area contributed by atoms with E-state index in [0.29, 0.717) is 5.88 Å². The zero-order valence-corrected chi connectivity index (χ0v) is 8.57. The molecule has 0 N–H and O–H groups in total. The molecular weight excluding hydrogens is 223 g/mol. The fourth-order valence-electron chi connectivity index (χ4n) is 0.651. The zero-order chi connectivity index (χ0) is 8.27. The van der Waals surface area contributed by atoms with Crippen LogP contribution in [0.2, 0.25) is 0 Å². The molecule has 0 radical (unpaired) electrons. The van der Waals surface area contributed by atoms with Crippen LogP contribution in [-0.2, 0) is 5.88 Å². The van der Waals surface area contributed by atoms with Crippen LogP contribution in [0, 0.1) is 0 Å². The second-order valence-corrected chi connectivity index (χ2v) is 4.35. The fraction of sp³-hybridized carbons (Fsp3) is 0.143. The van der Waals surface area contributed by atoms with Crippen molar-refractivity contribution in [3.8, 4) is 0 Å². The lowest BCUT2D eigenvalue weighted by Gasteiger charge is -1.83. The van der Waals surface area contributed by atoms with Crippen molar-refractivity contribution >= 4 is 52.2 Å². The maximum atomic E-state index is 5.60. The number of alkyl halides is 1. The van der Waals surface area contributed by atoms with E-state index >= 15 is 0 Å². The molecule has 1 aromatic heterocycles. The van der Waals surface area contributed by atoms with Crippen molar-refractivity contribution in [2.24, 2.45) is 0 Å². The predicted molar refractivity (Wildman–Crippen MR) is 53.6 cm³/mol. The average molecular weight is 228 g/mol. The molecule has 0 aliphatic heterocycles. The highest BCUT2D eigenvalue weighted by molar-refractivity contribution is 7.13. The van der Waals surface area contributed by atoms with Crippen LogP contribution in [0.3, 0.4) is 0 Å². The second-order valence-electron chi connectivity index (χ2n) is 1.87. The average Bonchev–Trinajstić information content (AvgIpc) is 2.34. The van der Waals surface area contributed by atoms with Gasteiger partial charge in [-0.2, -0.15) is 0 Å². The van der Waals surface area contributed by atoms with Crippen LogP contribution in [-0.4, -0.2) is 0 Å². The van der Waals surface area contributed by atoms with Crippen LogP contribution < -0.4 is 0 Å². The Morgan fingerprint density at radius 1 is 1.45 bits per heavy atom. The molecule has 0 aliphatic rings. The normalized spacial score (nSPS) is 9.73. The summed E-state index contributed by atoms with van der Waals surface area (Å²) in [7, 11) is 0. The van der Waals surface area contributed by atoms with E-state index in [2.05, 4.69) is 0 Å². The molecule has 0 bridgehead atoms. The van der Waals surface area contributed by atoms with Crippen LogP contribution in [0.25, 0.3) is 6.08 Å². The maximum Gasteiger partial charge on any atom is 0.108 e. The Labute approximate surface area is 84.4 Å². The molecule has 0 atom stereocenters. The van der Waals surface area contributed by atoms with Gasteiger partial charge in [-0.25, -0.2) is 0 Å². The Bertz CT molecular complexity index is 260. The van der Waals surface area contributed by atoms with Crippen molar-refractivity contribution in [2.75, 3.05) is 0 Å². The summed E-state index contributed by atoms with van der Waals surface area (Å²) < 4.78 is 0.271. The van der Waals surface area contributed by atoms with Gasteiger partial charge in [-0.3, -0.25) is 0 Å². The standard InChI is InChI=1S/C7H5Cl3S/c8-4-6-2-1-5(11-6)3-7(9)10/h1-3H,4H2. The highest BCUT2D eigenvalue weighted by Gasteiger charge is 1.96. The van der Waals surface area contributed by atoms with Gasteiger partial charge in [0, 0.05) is 9.75 Å². The number of thiophene rings is 1. The van der Waals surface area contributed by atoms with Gasteiger partial charge in [0.1, 0.15) is 4.49 Å². The third-order valence-corrected chi connectivity index (χ3v) is 2.76. The van der Waals surface area contributed by atoms with E-state index in [1.807, 2.05) is 12.1 Å². The Balaban J connectivity index is 2.81. The molecule has 60 valence electrons. The second kappa shape index (κ2) is 4.36. The quantitative estimate of drug-likeness (QED) is 0.662. The molecule has 0 aromatic carbocycles. The summed E-state index contributed by atoms with van der Waals surface area (Å²) in [5.41, 5.74) is 0. The van der Waals surface area contributed by atoms with Crippen LogP contribution in [0.1, 0.15) is 9.75 Å². The van der Waals surface area contributed by atoms with Gasteiger partial charge in [-0.15, -0.1) is 22.9 Å². The van der Waals surface area contributed by atoms with Crippen LogP contribution in [0.5, 0.6) is 0 Å². The first-order valence-electron chi connectivity index (χ1n) is 2.90. The highest BCUT2D eigenvalue weighted by atomic mass is 35.5. The fourth-order valence-corrected chi connectivity index (χ4v) is 2.07. The Morgan fingerprint density at radius 3 is 2.64 bits per heavy atom. The minimum Gasteiger partial charge on any atom is -0.140 e. The highest BCUT2D eigenvalue weighted by Crippen LogP contribution is 2.22. The van der Waals surface area contributed by atoms with Crippen molar-refractivity contribution in [2.45, 2.75) is 5.88 Å². The summed E-state index contributed by atoms with van der Waals surface area (Å²) in [5, 5.41) is 0. The summed E-state index contributed by atoms with van der Waals surface area (Å²) in [6, 6.07) is 3.90. The first kappa shape index (κ1) is 9.40. The molecule has 1 aromatic rings. The van der Waals surface area contributed by atoms with Crippen molar-refractivity contribution in [3.63, 3.8) is 0 Å². The summed E-state index contributed by atoms with van der Waals surface area (Å²) in [5.74, 6) is 0.540. The molecule has 0 unspecified atom stereocenters. The van der Waals surface area contributed by atoms with Crippen molar-refractivity contribution in [3.05, 3.63) is 26.4 Å². The molecule has 0 saturated heterocycles. The first-order chi connectivity index (χ1) is 5.22. The van der Waals surface area contributed by atoms with E-state index in [0.717, 1.165) is 9.75 Å². The lowest BCUT2D eigenvalue weighted by atomic mass is 10.4. The van der Waals surface area contributed by atoms with Gasteiger partial charge in [0.2, 0.25) is 0 Å². The van der Waals surface area contributed by atoms with E-state index in [-0.39, 0.29) is 4.49 Å². The molecule has 0 spiro atoms. The van der Waals surface area contributed by atoms with Crippen molar-refractivity contribution in [1.82, 2.24) is 0 Å². The molecule has 11 heavy (non-hydrogen) atoms. The van der Waals surface area contributed by atoms with Crippen LogP contribution in [0.15, 0.2) is 16.6 Å². The van der Waals surface area contributed by atoms with Crippen molar-refractivity contribution in [1.29, 1.82) is 0 Å². The SMILES string of the molecule is ClCc1ccc(C=C(Cl)Cl)s1. The molecule has 0 saturated carbocycles. The molecule has 1 heterocycles. The number of rotatable bonds is 2. The molecule has 4 heteroatoms. The topological polar surface area (TPSA) is 0 Å². The summed E-state index contributed by atoms with van der Waals surface area (Å²) in [4.78, 5) is 2.15. The third-order valence-electron chi connectivity index (χ3n) is 1.07. The van der Waals surface area contributed by atoms with E-state index in [4.69, 9.17) is 34.8 Å². The van der Waals surface area contributed by atoms with Crippen LogP contribution in [0.4, 0.5) is 0 Å². The monoisotopic (exact) mass is 226 g/mol. The van der Waals surface area contributed by atoms with Gasteiger partial charge in [-0.05, 0) is 18.2 Å². The summed E-state index contributed by atoms with van der Waals surface area (Å²) >= 11 is 18.1. The van der Waals surface area contributed by atoms with E-state index in [1.54, 1.807) is 17.4 Å².